The fourth-order valence-electron chi connectivity index (χ4n) is 2.29. The van der Waals surface area contributed by atoms with Crippen molar-refractivity contribution in [2.24, 2.45) is 5.92 Å². The average molecular weight is 240 g/mol. The smallest absolute Gasteiger partial charge is 0.163 e. The van der Waals surface area contributed by atoms with E-state index in [9.17, 15) is 8.78 Å². The summed E-state index contributed by atoms with van der Waals surface area (Å²) in [6.07, 6.45) is 1.18. The van der Waals surface area contributed by atoms with Crippen molar-refractivity contribution in [3.63, 3.8) is 0 Å². The van der Waals surface area contributed by atoms with Gasteiger partial charge in [0.15, 0.2) is 11.6 Å². The molecule has 1 N–H and O–H groups in total. The summed E-state index contributed by atoms with van der Waals surface area (Å²) in [5.74, 6) is -0.884. The molecule has 0 bridgehead atoms. The lowest BCUT2D eigenvalue weighted by atomic mass is 10.1. The molecule has 0 saturated carbocycles. The zero-order valence-electron chi connectivity index (χ0n) is 10.0. The highest BCUT2D eigenvalue weighted by Gasteiger charge is 2.18. The van der Waals surface area contributed by atoms with Gasteiger partial charge in [0.25, 0.3) is 0 Å². The number of halogens is 2. The Labute approximate surface area is 101 Å². The van der Waals surface area contributed by atoms with Gasteiger partial charge in [0, 0.05) is 18.7 Å². The van der Waals surface area contributed by atoms with Crippen LogP contribution in [0, 0.1) is 17.6 Å². The number of hydrogen-bond donors (Lipinski definition) is 1. The van der Waals surface area contributed by atoms with Crippen LogP contribution in [0.4, 0.5) is 8.78 Å². The molecule has 1 atom stereocenters. The Balaban J connectivity index is 1.80. The molecule has 0 spiro atoms. The first-order valence-corrected chi connectivity index (χ1v) is 5.99. The molecule has 1 aromatic rings. The maximum absolute atomic E-state index is 13.3. The van der Waals surface area contributed by atoms with Crippen LogP contribution in [-0.2, 0) is 6.54 Å². The Kier molecular flexibility index (Phi) is 4.07. The van der Waals surface area contributed by atoms with E-state index in [2.05, 4.69) is 17.3 Å². The summed E-state index contributed by atoms with van der Waals surface area (Å²) in [7, 11) is 2.10. The molecule has 94 valence electrons. The molecule has 2 rings (SSSR count). The van der Waals surface area contributed by atoms with Gasteiger partial charge in [-0.2, -0.15) is 0 Å². The van der Waals surface area contributed by atoms with E-state index in [1.807, 2.05) is 0 Å². The van der Waals surface area contributed by atoms with Crippen LogP contribution in [-0.4, -0.2) is 31.6 Å². The van der Waals surface area contributed by atoms with E-state index in [-0.39, 0.29) is 0 Å². The topological polar surface area (TPSA) is 15.3 Å². The fourth-order valence-corrected chi connectivity index (χ4v) is 2.29. The first kappa shape index (κ1) is 12.5. The van der Waals surface area contributed by atoms with Gasteiger partial charge in [-0.25, -0.2) is 8.78 Å². The summed E-state index contributed by atoms with van der Waals surface area (Å²) in [5, 5.41) is 3.20. The van der Waals surface area contributed by atoms with Gasteiger partial charge < -0.3 is 10.2 Å². The van der Waals surface area contributed by atoms with Crippen LogP contribution in [0.25, 0.3) is 0 Å². The Morgan fingerprint density at radius 2 is 2.24 bits per heavy atom. The van der Waals surface area contributed by atoms with Crippen molar-refractivity contribution < 1.29 is 8.78 Å². The summed E-state index contributed by atoms with van der Waals surface area (Å²) in [4.78, 5) is 2.29. The lowest BCUT2D eigenvalue weighted by molar-refractivity contribution is 0.387. The first-order chi connectivity index (χ1) is 8.16. The molecular formula is C13H18F2N2. The molecule has 1 aliphatic rings. The molecule has 0 aliphatic carbocycles. The predicted octanol–water partition coefficient (Wildman–Crippen LogP) is 2.01. The second-order valence-electron chi connectivity index (χ2n) is 4.76. The fraction of sp³-hybridized carbons (Fsp3) is 0.538. The van der Waals surface area contributed by atoms with E-state index in [1.165, 1.54) is 6.42 Å². The minimum Gasteiger partial charge on any atom is -0.312 e. The van der Waals surface area contributed by atoms with Crippen molar-refractivity contribution in [3.8, 4) is 0 Å². The third-order valence-electron chi connectivity index (χ3n) is 3.27. The van der Waals surface area contributed by atoms with E-state index in [4.69, 9.17) is 0 Å². The van der Waals surface area contributed by atoms with Crippen molar-refractivity contribution in [3.05, 3.63) is 35.4 Å². The largest absolute Gasteiger partial charge is 0.312 e. The van der Waals surface area contributed by atoms with Gasteiger partial charge in [0.1, 0.15) is 0 Å². The van der Waals surface area contributed by atoms with Gasteiger partial charge in [-0.05, 0) is 38.5 Å². The highest BCUT2D eigenvalue weighted by Crippen LogP contribution is 2.14. The van der Waals surface area contributed by atoms with E-state index in [1.54, 1.807) is 12.1 Å². The molecule has 1 aromatic carbocycles. The molecule has 1 saturated heterocycles. The monoisotopic (exact) mass is 240 g/mol. The molecule has 1 fully saturated rings. The third kappa shape index (κ3) is 3.23. The summed E-state index contributed by atoms with van der Waals surface area (Å²) in [5.41, 5.74) is 0.399. The van der Waals surface area contributed by atoms with Crippen molar-refractivity contribution >= 4 is 0 Å². The molecule has 2 nitrogen and oxygen atoms in total. The number of nitrogens with one attached hydrogen (secondary N) is 1. The Hall–Kier alpha value is -1.00. The van der Waals surface area contributed by atoms with Crippen LogP contribution in [0.5, 0.6) is 0 Å². The maximum atomic E-state index is 13.3. The molecule has 0 amide bonds. The van der Waals surface area contributed by atoms with E-state index < -0.39 is 11.6 Å². The van der Waals surface area contributed by atoms with E-state index >= 15 is 0 Å². The molecule has 1 aliphatic heterocycles. The predicted molar refractivity (Wildman–Crippen MR) is 63.7 cm³/mol. The van der Waals surface area contributed by atoms with Gasteiger partial charge in [-0.1, -0.05) is 12.1 Å². The normalized spacial score (nSPS) is 21.0. The summed E-state index contributed by atoms with van der Waals surface area (Å²) in [6.45, 7) is 3.46. The van der Waals surface area contributed by atoms with Gasteiger partial charge in [0.2, 0.25) is 0 Å². The first-order valence-electron chi connectivity index (χ1n) is 5.99. The Morgan fingerprint density at radius 3 is 2.94 bits per heavy atom. The Bertz CT molecular complexity index is 382. The van der Waals surface area contributed by atoms with Crippen molar-refractivity contribution in [2.45, 2.75) is 13.0 Å². The van der Waals surface area contributed by atoms with Crippen LogP contribution in [0.1, 0.15) is 12.0 Å². The van der Waals surface area contributed by atoms with Gasteiger partial charge in [-0.15, -0.1) is 0 Å². The van der Waals surface area contributed by atoms with Crippen LogP contribution in [0.3, 0.4) is 0 Å². The van der Waals surface area contributed by atoms with Gasteiger partial charge in [0.05, 0.1) is 0 Å². The highest BCUT2D eigenvalue weighted by atomic mass is 19.2. The minimum absolute atomic E-state index is 0.393. The maximum Gasteiger partial charge on any atom is 0.163 e. The van der Waals surface area contributed by atoms with Crippen LogP contribution < -0.4 is 5.32 Å². The van der Waals surface area contributed by atoms with Crippen molar-refractivity contribution in [2.75, 3.05) is 26.7 Å². The number of benzene rings is 1. The van der Waals surface area contributed by atoms with Crippen molar-refractivity contribution in [1.29, 1.82) is 0 Å². The second kappa shape index (κ2) is 5.56. The molecular weight excluding hydrogens is 222 g/mol. The number of rotatable bonds is 4. The van der Waals surface area contributed by atoms with Gasteiger partial charge in [-0.3, -0.25) is 0 Å². The zero-order valence-corrected chi connectivity index (χ0v) is 10.0. The molecule has 0 aromatic heterocycles. The highest BCUT2D eigenvalue weighted by molar-refractivity contribution is 5.18. The molecule has 4 heteroatoms. The van der Waals surface area contributed by atoms with Gasteiger partial charge >= 0.3 is 0 Å². The standard InChI is InChI=1S/C13H18F2N2/c1-17-6-5-10(9-17)7-16-8-11-3-2-4-12(14)13(11)15/h2-4,10,16H,5-9H2,1H3. The molecule has 1 unspecified atom stereocenters. The SMILES string of the molecule is CN1CCC(CNCc2cccc(F)c2F)C1. The zero-order chi connectivity index (χ0) is 12.3. The summed E-state index contributed by atoms with van der Waals surface area (Å²) >= 11 is 0. The quantitative estimate of drug-likeness (QED) is 0.866. The number of likely N-dealkylation sites (tertiary alicyclic amines) is 1. The number of hydrogen-bond acceptors (Lipinski definition) is 2. The van der Waals surface area contributed by atoms with Crippen LogP contribution in [0.15, 0.2) is 18.2 Å². The molecule has 17 heavy (non-hydrogen) atoms. The molecule has 1 heterocycles. The van der Waals surface area contributed by atoms with E-state index in [0.717, 1.165) is 25.7 Å². The average Bonchev–Trinajstić information content (AvgIpc) is 2.70. The summed E-state index contributed by atoms with van der Waals surface area (Å²) < 4.78 is 26.3. The van der Waals surface area contributed by atoms with Crippen molar-refractivity contribution in [1.82, 2.24) is 10.2 Å². The minimum atomic E-state index is -0.773. The van der Waals surface area contributed by atoms with Crippen LogP contribution in [0.2, 0.25) is 0 Å². The van der Waals surface area contributed by atoms with E-state index in [0.29, 0.717) is 18.0 Å². The lowest BCUT2D eigenvalue weighted by Crippen LogP contribution is -2.25. The Morgan fingerprint density at radius 1 is 1.41 bits per heavy atom. The number of nitrogens with zero attached hydrogens (tertiary/aromatic N) is 1. The molecule has 0 radical (unpaired) electrons. The second-order valence-corrected chi connectivity index (χ2v) is 4.76. The third-order valence-corrected chi connectivity index (χ3v) is 3.27. The summed E-state index contributed by atoms with van der Waals surface area (Å²) in [6, 6.07) is 4.30. The lowest BCUT2D eigenvalue weighted by Gasteiger charge is -2.12. The van der Waals surface area contributed by atoms with Crippen LogP contribution >= 0.6 is 0 Å².